The molecule has 108 valence electrons. The molecule has 1 aliphatic rings. The zero-order valence-electron chi connectivity index (χ0n) is 12.0. The van der Waals surface area contributed by atoms with Gasteiger partial charge >= 0.3 is 0 Å². The summed E-state index contributed by atoms with van der Waals surface area (Å²) in [6, 6.07) is 0.728. The van der Waals surface area contributed by atoms with Gasteiger partial charge in [-0.15, -0.1) is 5.10 Å². The van der Waals surface area contributed by atoms with Gasteiger partial charge in [0.1, 0.15) is 0 Å². The van der Waals surface area contributed by atoms with E-state index >= 15 is 0 Å². The normalized spacial score (nSPS) is 19.7. The highest BCUT2D eigenvalue weighted by atomic mass is 32.2. The van der Waals surface area contributed by atoms with Crippen LogP contribution < -0.4 is 5.73 Å². The van der Waals surface area contributed by atoms with Crippen molar-refractivity contribution in [2.75, 3.05) is 0 Å². The second-order valence-electron chi connectivity index (χ2n) is 5.36. The minimum absolute atomic E-state index is 0.230. The minimum Gasteiger partial charge on any atom is -0.327 e. The lowest BCUT2D eigenvalue weighted by Gasteiger charge is -2.21. The number of nitrogens with zero attached hydrogens (tertiary/aromatic N) is 4. The van der Waals surface area contributed by atoms with Crippen molar-refractivity contribution in [2.24, 2.45) is 5.73 Å². The summed E-state index contributed by atoms with van der Waals surface area (Å²) in [6.07, 6.45) is 8.25. The lowest BCUT2D eigenvalue weighted by molar-refractivity contribution is 0.422. The zero-order valence-corrected chi connectivity index (χ0v) is 12.8. The molecule has 0 amide bonds. The average Bonchev–Trinajstić information content (AvgIpc) is 3.06. The van der Waals surface area contributed by atoms with Crippen LogP contribution in [0.2, 0.25) is 0 Å². The SMILES string of the molecule is CCCC(N)C(CC)Sc1nnnn1C1CCCC1. The molecular weight excluding hydrogens is 258 g/mol. The van der Waals surface area contributed by atoms with Gasteiger partial charge in [0.2, 0.25) is 5.16 Å². The summed E-state index contributed by atoms with van der Waals surface area (Å²) < 4.78 is 2.03. The van der Waals surface area contributed by atoms with Crippen LogP contribution in [-0.4, -0.2) is 31.5 Å². The van der Waals surface area contributed by atoms with Crippen molar-refractivity contribution < 1.29 is 0 Å². The van der Waals surface area contributed by atoms with Gasteiger partial charge in [-0.05, 0) is 36.1 Å². The Morgan fingerprint density at radius 1 is 1.37 bits per heavy atom. The first kappa shape index (κ1) is 14.8. The molecule has 0 bridgehead atoms. The first-order valence-electron chi connectivity index (χ1n) is 7.46. The Balaban J connectivity index is 2.03. The van der Waals surface area contributed by atoms with E-state index in [0.29, 0.717) is 11.3 Å². The Bertz CT molecular complexity index is 375. The maximum Gasteiger partial charge on any atom is 0.209 e. The van der Waals surface area contributed by atoms with Gasteiger partial charge in [0.25, 0.3) is 0 Å². The standard InChI is InChI=1S/C13H25N5S/c1-3-7-11(14)12(4-2)19-13-15-16-17-18(13)10-8-5-6-9-10/h10-12H,3-9,14H2,1-2H3. The number of nitrogens with two attached hydrogens (primary N) is 1. The third kappa shape index (κ3) is 3.69. The highest BCUT2D eigenvalue weighted by molar-refractivity contribution is 7.99. The van der Waals surface area contributed by atoms with E-state index in [1.165, 1.54) is 25.7 Å². The summed E-state index contributed by atoms with van der Waals surface area (Å²) in [4.78, 5) is 0. The average molecular weight is 283 g/mol. The number of thioether (sulfide) groups is 1. The van der Waals surface area contributed by atoms with Crippen LogP contribution in [0.25, 0.3) is 0 Å². The molecule has 1 saturated carbocycles. The summed E-state index contributed by atoms with van der Waals surface area (Å²) in [7, 11) is 0. The number of hydrogen-bond donors (Lipinski definition) is 1. The fraction of sp³-hybridized carbons (Fsp3) is 0.923. The minimum atomic E-state index is 0.230. The van der Waals surface area contributed by atoms with E-state index in [1.54, 1.807) is 11.8 Å². The van der Waals surface area contributed by atoms with E-state index in [9.17, 15) is 0 Å². The zero-order chi connectivity index (χ0) is 13.7. The van der Waals surface area contributed by atoms with Crippen molar-refractivity contribution in [1.29, 1.82) is 0 Å². The van der Waals surface area contributed by atoms with Gasteiger partial charge in [0, 0.05) is 11.3 Å². The van der Waals surface area contributed by atoms with Gasteiger partial charge in [0.05, 0.1) is 6.04 Å². The lowest BCUT2D eigenvalue weighted by atomic mass is 10.1. The molecule has 0 saturated heterocycles. The Morgan fingerprint density at radius 3 is 2.74 bits per heavy atom. The Morgan fingerprint density at radius 2 is 2.11 bits per heavy atom. The van der Waals surface area contributed by atoms with Gasteiger partial charge in [-0.1, -0.05) is 44.9 Å². The van der Waals surface area contributed by atoms with Crippen LogP contribution >= 0.6 is 11.8 Å². The van der Waals surface area contributed by atoms with E-state index < -0.39 is 0 Å². The van der Waals surface area contributed by atoms with Gasteiger partial charge in [-0.3, -0.25) is 0 Å². The molecule has 1 aromatic heterocycles. The van der Waals surface area contributed by atoms with Crippen molar-refractivity contribution in [3.63, 3.8) is 0 Å². The fourth-order valence-corrected chi connectivity index (χ4v) is 3.89. The van der Waals surface area contributed by atoms with Crippen molar-refractivity contribution >= 4 is 11.8 Å². The second kappa shape index (κ2) is 7.24. The van der Waals surface area contributed by atoms with Crippen molar-refractivity contribution in [3.8, 4) is 0 Å². The van der Waals surface area contributed by atoms with E-state index in [-0.39, 0.29) is 6.04 Å². The summed E-state index contributed by atoms with van der Waals surface area (Å²) in [5.41, 5.74) is 6.26. The topological polar surface area (TPSA) is 69.6 Å². The Kier molecular flexibility index (Phi) is 5.63. The third-order valence-electron chi connectivity index (χ3n) is 3.89. The van der Waals surface area contributed by atoms with Crippen LogP contribution in [0.1, 0.15) is 64.8 Å². The molecule has 0 aromatic carbocycles. The molecule has 2 rings (SSSR count). The number of hydrogen-bond acceptors (Lipinski definition) is 5. The molecule has 0 radical (unpaired) electrons. The molecule has 19 heavy (non-hydrogen) atoms. The van der Waals surface area contributed by atoms with Crippen LogP contribution in [0.3, 0.4) is 0 Å². The molecule has 0 spiro atoms. The van der Waals surface area contributed by atoms with E-state index in [0.717, 1.165) is 24.4 Å². The highest BCUT2D eigenvalue weighted by Crippen LogP contribution is 2.33. The molecule has 1 heterocycles. The van der Waals surface area contributed by atoms with E-state index in [2.05, 4.69) is 29.4 Å². The van der Waals surface area contributed by atoms with Crippen LogP contribution in [0.15, 0.2) is 5.16 Å². The molecule has 1 aromatic rings. The van der Waals surface area contributed by atoms with Crippen molar-refractivity contribution in [1.82, 2.24) is 20.2 Å². The third-order valence-corrected chi connectivity index (χ3v) is 5.36. The quantitative estimate of drug-likeness (QED) is 0.779. The van der Waals surface area contributed by atoms with Gasteiger partial charge in [-0.25, -0.2) is 4.68 Å². The van der Waals surface area contributed by atoms with Crippen molar-refractivity contribution in [2.45, 2.75) is 81.3 Å². The van der Waals surface area contributed by atoms with E-state index in [4.69, 9.17) is 5.73 Å². The van der Waals surface area contributed by atoms with Crippen LogP contribution in [-0.2, 0) is 0 Å². The van der Waals surface area contributed by atoms with Crippen LogP contribution in [0.5, 0.6) is 0 Å². The van der Waals surface area contributed by atoms with Crippen molar-refractivity contribution in [3.05, 3.63) is 0 Å². The summed E-state index contributed by atoms with van der Waals surface area (Å²) in [5.74, 6) is 0. The predicted octanol–water partition coefficient (Wildman–Crippen LogP) is 2.79. The smallest absolute Gasteiger partial charge is 0.209 e. The first-order chi connectivity index (χ1) is 9.26. The van der Waals surface area contributed by atoms with Gasteiger partial charge < -0.3 is 5.73 Å². The number of aromatic nitrogens is 4. The second-order valence-corrected chi connectivity index (χ2v) is 6.57. The lowest BCUT2D eigenvalue weighted by Crippen LogP contribution is -2.32. The Hall–Kier alpha value is -0.620. The van der Waals surface area contributed by atoms with Crippen LogP contribution in [0, 0.1) is 0 Å². The Labute approximate surface area is 119 Å². The molecule has 1 fully saturated rings. The molecule has 2 atom stereocenters. The molecule has 6 heteroatoms. The molecule has 2 N–H and O–H groups in total. The predicted molar refractivity (Wildman–Crippen MR) is 78.1 cm³/mol. The molecule has 0 aliphatic heterocycles. The molecule has 2 unspecified atom stereocenters. The number of rotatable bonds is 7. The summed E-state index contributed by atoms with van der Waals surface area (Å²) >= 11 is 1.76. The fourth-order valence-electron chi connectivity index (χ4n) is 2.77. The maximum absolute atomic E-state index is 6.26. The maximum atomic E-state index is 6.26. The summed E-state index contributed by atoms with van der Waals surface area (Å²) in [5, 5.41) is 13.6. The van der Waals surface area contributed by atoms with Gasteiger partial charge in [0.15, 0.2) is 0 Å². The monoisotopic (exact) mass is 283 g/mol. The largest absolute Gasteiger partial charge is 0.327 e. The number of tetrazole rings is 1. The molecule has 1 aliphatic carbocycles. The van der Waals surface area contributed by atoms with Gasteiger partial charge in [-0.2, -0.15) is 0 Å². The molecular formula is C13H25N5S. The first-order valence-corrected chi connectivity index (χ1v) is 8.34. The summed E-state index contributed by atoms with van der Waals surface area (Å²) in [6.45, 7) is 4.37. The highest BCUT2D eigenvalue weighted by Gasteiger charge is 2.25. The van der Waals surface area contributed by atoms with Crippen LogP contribution in [0.4, 0.5) is 0 Å². The van der Waals surface area contributed by atoms with E-state index in [1.807, 2.05) is 4.68 Å². The molecule has 5 nitrogen and oxygen atoms in total.